The SMILES string of the molecule is C=C(C)COc1ccc2ccccc2c1C. The number of ether oxygens (including phenoxy) is 1. The number of benzene rings is 2. The van der Waals surface area contributed by atoms with Gasteiger partial charge in [0.05, 0.1) is 0 Å². The summed E-state index contributed by atoms with van der Waals surface area (Å²) in [5.41, 5.74) is 2.23. The molecule has 1 heteroatoms. The molecule has 2 rings (SSSR count). The molecule has 0 fully saturated rings. The third kappa shape index (κ3) is 2.08. The van der Waals surface area contributed by atoms with Gasteiger partial charge in [-0.2, -0.15) is 0 Å². The molecule has 0 saturated heterocycles. The molecule has 0 aliphatic carbocycles. The lowest BCUT2D eigenvalue weighted by atomic mass is 10.0. The summed E-state index contributed by atoms with van der Waals surface area (Å²) in [4.78, 5) is 0. The minimum atomic E-state index is 0.583. The van der Waals surface area contributed by atoms with Crippen molar-refractivity contribution in [2.75, 3.05) is 6.61 Å². The number of aryl methyl sites for hydroxylation is 1. The predicted molar refractivity (Wildman–Crippen MR) is 69.0 cm³/mol. The number of rotatable bonds is 3. The standard InChI is InChI=1S/C15H16O/c1-11(2)10-16-15-9-8-13-6-4-5-7-14(13)12(15)3/h4-9H,1,10H2,2-3H3. The van der Waals surface area contributed by atoms with Crippen LogP contribution in [0.25, 0.3) is 10.8 Å². The molecule has 0 bridgehead atoms. The minimum absolute atomic E-state index is 0.583. The van der Waals surface area contributed by atoms with E-state index in [1.807, 2.05) is 13.0 Å². The van der Waals surface area contributed by atoms with Crippen molar-refractivity contribution in [2.24, 2.45) is 0 Å². The molecular formula is C15H16O. The van der Waals surface area contributed by atoms with E-state index in [0.29, 0.717) is 6.61 Å². The first-order valence-electron chi connectivity index (χ1n) is 5.44. The van der Waals surface area contributed by atoms with Gasteiger partial charge in [0.1, 0.15) is 12.4 Å². The molecule has 0 N–H and O–H groups in total. The second-order valence-corrected chi connectivity index (χ2v) is 4.16. The maximum absolute atomic E-state index is 5.71. The molecule has 0 heterocycles. The Kier molecular flexibility index (Phi) is 2.95. The largest absolute Gasteiger partial charge is 0.489 e. The minimum Gasteiger partial charge on any atom is -0.489 e. The number of hydrogen-bond donors (Lipinski definition) is 0. The lowest BCUT2D eigenvalue weighted by molar-refractivity contribution is 0.351. The number of hydrogen-bond acceptors (Lipinski definition) is 1. The summed E-state index contributed by atoms with van der Waals surface area (Å²) in [6.07, 6.45) is 0. The van der Waals surface area contributed by atoms with Crippen LogP contribution in [-0.2, 0) is 0 Å². The Balaban J connectivity index is 2.40. The van der Waals surface area contributed by atoms with Gasteiger partial charge in [-0.15, -0.1) is 0 Å². The first-order valence-corrected chi connectivity index (χ1v) is 5.44. The molecule has 0 spiro atoms. The quantitative estimate of drug-likeness (QED) is 0.696. The summed E-state index contributed by atoms with van der Waals surface area (Å²) >= 11 is 0. The molecule has 2 aromatic carbocycles. The van der Waals surface area contributed by atoms with Crippen LogP contribution in [0.5, 0.6) is 5.75 Å². The maximum atomic E-state index is 5.71. The first-order chi connectivity index (χ1) is 7.68. The average molecular weight is 212 g/mol. The molecule has 82 valence electrons. The molecule has 0 aliphatic heterocycles. The molecule has 0 radical (unpaired) electrons. The summed E-state index contributed by atoms with van der Waals surface area (Å²) < 4.78 is 5.71. The zero-order chi connectivity index (χ0) is 11.5. The average Bonchev–Trinajstić information content (AvgIpc) is 2.28. The van der Waals surface area contributed by atoms with Gasteiger partial charge in [-0.3, -0.25) is 0 Å². The zero-order valence-electron chi connectivity index (χ0n) is 9.79. The second-order valence-electron chi connectivity index (χ2n) is 4.16. The van der Waals surface area contributed by atoms with Gasteiger partial charge in [0.2, 0.25) is 0 Å². The molecule has 0 unspecified atom stereocenters. The molecule has 0 aliphatic rings. The fraction of sp³-hybridized carbons (Fsp3) is 0.200. The van der Waals surface area contributed by atoms with Crippen molar-refractivity contribution in [1.29, 1.82) is 0 Å². The van der Waals surface area contributed by atoms with E-state index < -0.39 is 0 Å². The van der Waals surface area contributed by atoms with Crippen molar-refractivity contribution < 1.29 is 4.74 Å². The van der Waals surface area contributed by atoms with E-state index in [2.05, 4.69) is 43.8 Å². The Morgan fingerprint density at radius 2 is 1.94 bits per heavy atom. The Morgan fingerprint density at radius 1 is 1.19 bits per heavy atom. The molecule has 0 aromatic heterocycles. The van der Waals surface area contributed by atoms with Crippen LogP contribution in [0.4, 0.5) is 0 Å². The van der Waals surface area contributed by atoms with Crippen LogP contribution in [0.15, 0.2) is 48.6 Å². The topological polar surface area (TPSA) is 9.23 Å². The van der Waals surface area contributed by atoms with E-state index in [1.165, 1.54) is 16.3 Å². The Bertz CT molecular complexity index is 526. The fourth-order valence-electron chi connectivity index (χ4n) is 1.76. The highest BCUT2D eigenvalue weighted by molar-refractivity contribution is 5.87. The van der Waals surface area contributed by atoms with Crippen LogP contribution in [0.1, 0.15) is 12.5 Å². The normalized spacial score (nSPS) is 10.4. The molecule has 0 amide bonds. The highest BCUT2D eigenvalue weighted by atomic mass is 16.5. The van der Waals surface area contributed by atoms with E-state index in [4.69, 9.17) is 4.74 Å². The highest BCUT2D eigenvalue weighted by Crippen LogP contribution is 2.27. The van der Waals surface area contributed by atoms with E-state index in [-0.39, 0.29) is 0 Å². The van der Waals surface area contributed by atoms with Crippen LogP contribution in [0.2, 0.25) is 0 Å². The molecule has 16 heavy (non-hydrogen) atoms. The van der Waals surface area contributed by atoms with Gasteiger partial charge in [0.15, 0.2) is 0 Å². The molecule has 2 aromatic rings. The lowest BCUT2D eigenvalue weighted by Crippen LogP contribution is -1.99. The zero-order valence-corrected chi connectivity index (χ0v) is 9.79. The molecule has 1 nitrogen and oxygen atoms in total. The first kappa shape index (κ1) is 10.7. The second kappa shape index (κ2) is 4.40. The highest BCUT2D eigenvalue weighted by Gasteiger charge is 2.03. The van der Waals surface area contributed by atoms with Crippen LogP contribution in [0, 0.1) is 6.92 Å². The molecule has 0 atom stereocenters. The van der Waals surface area contributed by atoms with Crippen LogP contribution >= 0.6 is 0 Å². The Morgan fingerprint density at radius 3 is 2.69 bits per heavy atom. The predicted octanol–water partition coefficient (Wildman–Crippen LogP) is 4.10. The van der Waals surface area contributed by atoms with Crippen molar-refractivity contribution in [3.05, 3.63) is 54.1 Å². The Labute approximate surface area is 96.4 Å². The van der Waals surface area contributed by atoms with Gasteiger partial charge in [-0.1, -0.05) is 36.9 Å². The van der Waals surface area contributed by atoms with Crippen LogP contribution in [-0.4, -0.2) is 6.61 Å². The monoisotopic (exact) mass is 212 g/mol. The van der Waals surface area contributed by atoms with Gasteiger partial charge < -0.3 is 4.74 Å². The van der Waals surface area contributed by atoms with Crippen molar-refractivity contribution >= 4 is 10.8 Å². The van der Waals surface area contributed by atoms with Crippen molar-refractivity contribution in [2.45, 2.75) is 13.8 Å². The third-order valence-electron chi connectivity index (χ3n) is 2.62. The van der Waals surface area contributed by atoms with Gasteiger partial charge in [-0.05, 0) is 41.8 Å². The van der Waals surface area contributed by atoms with E-state index >= 15 is 0 Å². The van der Waals surface area contributed by atoms with E-state index in [9.17, 15) is 0 Å². The van der Waals surface area contributed by atoms with Crippen molar-refractivity contribution in [3.63, 3.8) is 0 Å². The van der Waals surface area contributed by atoms with E-state index in [0.717, 1.165) is 11.3 Å². The van der Waals surface area contributed by atoms with Gasteiger partial charge >= 0.3 is 0 Å². The fourth-order valence-corrected chi connectivity index (χ4v) is 1.76. The van der Waals surface area contributed by atoms with Crippen LogP contribution in [0.3, 0.4) is 0 Å². The van der Waals surface area contributed by atoms with Gasteiger partial charge in [-0.25, -0.2) is 0 Å². The van der Waals surface area contributed by atoms with Crippen molar-refractivity contribution in [1.82, 2.24) is 0 Å². The van der Waals surface area contributed by atoms with E-state index in [1.54, 1.807) is 0 Å². The summed E-state index contributed by atoms with van der Waals surface area (Å²) in [6.45, 7) is 8.48. The molecule has 0 saturated carbocycles. The Hall–Kier alpha value is -1.76. The van der Waals surface area contributed by atoms with Gasteiger partial charge in [0.25, 0.3) is 0 Å². The third-order valence-corrected chi connectivity index (χ3v) is 2.62. The number of fused-ring (bicyclic) bond motifs is 1. The van der Waals surface area contributed by atoms with Gasteiger partial charge in [0, 0.05) is 0 Å². The smallest absolute Gasteiger partial charge is 0.123 e. The summed E-state index contributed by atoms with van der Waals surface area (Å²) in [7, 11) is 0. The van der Waals surface area contributed by atoms with Crippen molar-refractivity contribution in [3.8, 4) is 5.75 Å². The van der Waals surface area contributed by atoms with Crippen LogP contribution < -0.4 is 4.74 Å². The molecular weight excluding hydrogens is 196 g/mol. The summed E-state index contributed by atoms with van der Waals surface area (Å²) in [6, 6.07) is 12.5. The summed E-state index contributed by atoms with van der Waals surface area (Å²) in [5.74, 6) is 0.946. The summed E-state index contributed by atoms with van der Waals surface area (Å²) in [5, 5.41) is 2.50. The lowest BCUT2D eigenvalue weighted by Gasteiger charge is -2.11. The maximum Gasteiger partial charge on any atom is 0.123 e.